The first kappa shape index (κ1) is 16.3. The Labute approximate surface area is 139 Å². The molecule has 0 aromatic heterocycles. The summed E-state index contributed by atoms with van der Waals surface area (Å²) in [5.74, 6) is 1.39. The van der Waals surface area contributed by atoms with Crippen LogP contribution in [0.1, 0.15) is 32.6 Å². The number of ether oxygens (including phenoxy) is 1. The molecule has 0 radical (unpaired) electrons. The lowest BCUT2D eigenvalue weighted by molar-refractivity contribution is -0.119. The molecule has 1 atom stereocenters. The zero-order valence-electron chi connectivity index (χ0n) is 14.3. The summed E-state index contributed by atoms with van der Waals surface area (Å²) in [6.45, 7) is 5.73. The van der Waals surface area contributed by atoms with Crippen LogP contribution in [0.5, 0.6) is 0 Å². The molecule has 1 unspecified atom stereocenters. The van der Waals surface area contributed by atoms with Crippen LogP contribution in [-0.2, 0) is 9.53 Å². The van der Waals surface area contributed by atoms with Gasteiger partial charge >= 0.3 is 0 Å². The number of carbonyl (C=O) groups is 1. The zero-order chi connectivity index (χ0) is 16.2. The van der Waals surface area contributed by atoms with Crippen molar-refractivity contribution in [2.45, 2.75) is 32.6 Å². The monoisotopic (exact) mass is 316 g/mol. The normalized spacial score (nSPS) is 22.6. The van der Waals surface area contributed by atoms with Crippen LogP contribution in [0.25, 0.3) is 0 Å². The maximum atomic E-state index is 12.9. The van der Waals surface area contributed by atoms with Crippen LogP contribution in [0, 0.1) is 11.8 Å². The first-order valence-electron chi connectivity index (χ1n) is 8.83. The number of carbonyl (C=O) groups excluding carboxylic acids is 1. The largest absolute Gasteiger partial charge is 0.381 e. The van der Waals surface area contributed by atoms with Crippen LogP contribution >= 0.6 is 0 Å². The zero-order valence-corrected chi connectivity index (χ0v) is 14.3. The van der Waals surface area contributed by atoms with Crippen molar-refractivity contribution in [2.75, 3.05) is 43.2 Å². The molecule has 1 fully saturated rings. The summed E-state index contributed by atoms with van der Waals surface area (Å²) < 4.78 is 5.41. The molecule has 23 heavy (non-hydrogen) atoms. The molecule has 3 rings (SSSR count). The first-order valence-corrected chi connectivity index (χ1v) is 8.83. The van der Waals surface area contributed by atoms with Gasteiger partial charge < -0.3 is 14.5 Å². The van der Waals surface area contributed by atoms with Gasteiger partial charge in [-0.2, -0.15) is 0 Å². The number of hydrogen-bond acceptors (Lipinski definition) is 3. The average molecular weight is 316 g/mol. The van der Waals surface area contributed by atoms with Gasteiger partial charge in [0.2, 0.25) is 5.91 Å². The predicted molar refractivity (Wildman–Crippen MR) is 94.0 cm³/mol. The lowest BCUT2D eigenvalue weighted by Crippen LogP contribution is -2.35. The summed E-state index contributed by atoms with van der Waals surface area (Å²) in [4.78, 5) is 17.2. The highest BCUT2D eigenvalue weighted by Gasteiger charge is 2.27. The van der Waals surface area contributed by atoms with Crippen LogP contribution in [-0.4, -0.2) is 39.3 Å². The molecule has 0 bridgehead atoms. The van der Waals surface area contributed by atoms with Crippen molar-refractivity contribution in [3.8, 4) is 0 Å². The lowest BCUT2D eigenvalue weighted by Gasteiger charge is -2.26. The molecule has 1 aromatic carbocycles. The molecule has 0 saturated carbocycles. The van der Waals surface area contributed by atoms with Gasteiger partial charge in [-0.15, -0.1) is 0 Å². The van der Waals surface area contributed by atoms with Crippen molar-refractivity contribution in [3.05, 3.63) is 24.3 Å². The van der Waals surface area contributed by atoms with Gasteiger partial charge in [-0.3, -0.25) is 4.79 Å². The van der Waals surface area contributed by atoms with E-state index in [-0.39, 0.29) is 5.91 Å². The van der Waals surface area contributed by atoms with E-state index in [1.807, 2.05) is 11.0 Å². The van der Waals surface area contributed by atoms with E-state index < -0.39 is 0 Å². The molecule has 2 heterocycles. The van der Waals surface area contributed by atoms with E-state index in [9.17, 15) is 4.79 Å². The summed E-state index contributed by atoms with van der Waals surface area (Å²) in [7, 11) is 2.12. The molecule has 2 aliphatic rings. The minimum Gasteiger partial charge on any atom is -0.381 e. The highest BCUT2D eigenvalue weighted by Crippen LogP contribution is 2.33. The first-order chi connectivity index (χ1) is 11.1. The molecule has 126 valence electrons. The Morgan fingerprint density at radius 1 is 1.17 bits per heavy atom. The number of amides is 1. The number of fused-ring (bicyclic) bond motifs is 1. The van der Waals surface area contributed by atoms with E-state index in [1.54, 1.807) is 0 Å². The van der Waals surface area contributed by atoms with E-state index in [0.717, 1.165) is 56.9 Å². The van der Waals surface area contributed by atoms with Crippen molar-refractivity contribution in [1.29, 1.82) is 0 Å². The van der Waals surface area contributed by atoms with Gasteiger partial charge in [0.05, 0.1) is 11.4 Å². The Morgan fingerprint density at radius 3 is 2.61 bits per heavy atom. The van der Waals surface area contributed by atoms with E-state index >= 15 is 0 Å². The Morgan fingerprint density at radius 2 is 1.87 bits per heavy atom. The topological polar surface area (TPSA) is 32.8 Å². The third-order valence-electron chi connectivity index (χ3n) is 5.07. The second-order valence-electron chi connectivity index (χ2n) is 7.07. The molecule has 2 aliphatic heterocycles. The maximum absolute atomic E-state index is 12.9. The molecule has 1 amide bonds. The summed E-state index contributed by atoms with van der Waals surface area (Å²) in [6.07, 6.45) is 3.84. The highest BCUT2D eigenvalue weighted by molar-refractivity contribution is 5.97. The van der Waals surface area contributed by atoms with Crippen molar-refractivity contribution >= 4 is 17.3 Å². The number of rotatable bonds is 3. The fraction of sp³-hybridized carbons (Fsp3) is 0.632. The predicted octanol–water partition coefficient (Wildman–Crippen LogP) is 3.31. The fourth-order valence-electron chi connectivity index (χ4n) is 3.78. The lowest BCUT2D eigenvalue weighted by atomic mass is 9.94. The minimum atomic E-state index is 0.270. The number of nitrogens with zero attached hydrogens (tertiary/aromatic N) is 2. The second kappa shape index (κ2) is 7.35. The van der Waals surface area contributed by atoms with Crippen LogP contribution < -0.4 is 9.80 Å². The standard InChI is InChI=1S/C19H28N2O2/c1-15-13-20(2)17-5-3-4-6-18(17)21(14-15)19(22)8-7-16-9-11-23-12-10-16/h3-6,15-16H,7-14H2,1-2H3. The Balaban J connectivity index is 1.71. The third kappa shape index (κ3) is 3.86. The number of para-hydroxylation sites is 2. The summed E-state index contributed by atoms with van der Waals surface area (Å²) in [6, 6.07) is 8.28. The van der Waals surface area contributed by atoms with Crippen molar-refractivity contribution in [2.24, 2.45) is 11.8 Å². The van der Waals surface area contributed by atoms with Gasteiger partial charge in [-0.1, -0.05) is 19.1 Å². The Bertz CT molecular complexity index is 540. The van der Waals surface area contributed by atoms with Gasteiger partial charge in [0.15, 0.2) is 0 Å². The van der Waals surface area contributed by atoms with Gasteiger partial charge in [-0.25, -0.2) is 0 Å². The van der Waals surface area contributed by atoms with Crippen molar-refractivity contribution in [3.63, 3.8) is 0 Å². The van der Waals surface area contributed by atoms with Gasteiger partial charge in [0.25, 0.3) is 0 Å². The van der Waals surface area contributed by atoms with Crippen LogP contribution in [0.4, 0.5) is 11.4 Å². The quantitative estimate of drug-likeness (QED) is 0.857. The van der Waals surface area contributed by atoms with Gasteiger partial charge in [0, 0.05) is 39.8 Å². The van der Waals surface area contributed by atoms with Crippen molar-refractivity contribution < 1.29 is 9.53 Å². The SMILES string of the molecule is CC1CN(C)c2ccccc2N(C(=O)CCC2CCOCC2)C1. The molecule has 0 spiro atoms. The number of anilines is 2. The maximum Gasteiger partial charge on any atom is 0.227 e. The highest BCUT2D eigenvalue weighted by atomic mass is 16.5. The molecular weight excluding hydrogens is 288 g/mol. The molecular formula is C19H28N2O2. The Kier molecular flexibility index (Phi) is 5.21. The molecule has 4 heteroatoms. The van der Waals surface area contributed by atoms with E-state index in [1.165, 1.54) is 0 Å². The Hall–Kier alpha value is -1.55. The fourth-order valence-corrected chi connectivity index (χ4v) is 3.78. The van der Waals surface area contributed by atoms with Gasteiger partial charge in [-0.05, 0) is 43.2 Å². The molecule has 0 aliphatic carbocycles. The van der Waals surface area contributed by atoms with Crippen molar-refractivity contribution in [1.82, 2.24) is 0 Å². The molecule has 1 aromatic rings. The van der Waals surface area contributed by atoms with Crippen LogP contribution in [0.15, 0.2) is 24.3 Å². The molecule has 0 N–H and O–H groups in total. The smallest absolute Gasteiger partial charge is 0.227 e. The van der Waals surface area contributed by atoms with E-state index in [0.29, 0.717) is 18.3 Å². The molecule has 4 nitrogen and oxygen atoms in total. The second-order valence-corrected chi connectivity index (χ2v) is 7.07. The number of hydrogen-bond donors (Lipinski definition) is 0. The average Bonchev–Trinajstić information content (AvgIpc) is 2.70. The number of benzene rings is 1. The van der Waals surface area contributed by atoms with Crippen LogP contribution in [0.3, 0.4) is 0 Å². The molecule has 1 saturated heterocycles. The van der Waals surface area contributed by atoms with Gasteiger partial charge in [0.1, 0.15) is 0 Å². The summed E-state index contributed by atoms with van der Waals surface area (Å²) >= 11 is 0. The minimum absolute atomic E-state index is 0.270. The van der Waals surface area contributed by atoms with E-state index in [2.05, 4.69) is 37.1 Å². The van der Waals surface area contributed by atoms with Crippen LogP contribution in [0.2, 0.25) is 0 Å². The summed E-state index contributed by atoms with van der Waals surface area (Å²) in [5.41, 5.74) is 2.23. The summed E-state index contributed by atoms with van der Waals surface area (Å²) in [5, 5.41) is 0. The third-order valence-corrected chi connectivity index (χ3v) is 5.07. The van der Waals surface area contributed by atoms with E-state index in [4.69, 9.17) is 4.74 Å².